The van der Waals surface area contributed by atoms with Crippen LogP contribution in [0, 0.1) is 0 Å². The molecule has 1 saturated heterocycles. The molecule has 29 heavy (non-hydrogen) atoms. The Morgan fingerprint density at radius 3 is 2.38 bits per heavy atom. The lowest BCUT2D eigenvalue weighted by Gasteiger charge is -2.34. The minimum absolute atomic E-state index is 0.0633. The second-order valence-electron chi connectivity index (χ2n) is 7.09. The van der Waals surface area contributed by atoms with Crippen LogP contribution in [0.4, 0.5) is 0 Å². The summed E-state index contributed by atoms with van der Waals surface area (Å²) >= 11 is 0. The molecular formula is C21H24N6O2. The van der Waals surface area contributed by atoms with Crippen LogP contribution in [0.25, 0.3) is 0 Å². The molecule has 4 rings (SSSR count). The first-order chi connectivity index (χ1) is 14.2. The summed E-state index contributed by atoms with van der Waals surface area (Å²) in [6.45, 7) is 4.45. The number of nitrogens with zero attached hydrogens (tertiary/aromatic N) is 6. The molecule has 8 nitrogen and oxygen atoms in total. The fourth-order valence-corrected chi connectivity index (χ4v) is 3.35. The highest BCUT2D eigenvalue weighted by Crippen LogP contribution is 2.16. The van der Waals surface area contributed by atoms with Gasteiger partial charge in [0.15, 0.2) is 5.82 Å². The van der Waals surface area contributed by atoms with E-state index in [4.69, 9.17) is 4.74 Å². The van der Waals surface area contributed by atoms with E-state index in [1.54, 1.807) is 11.7 Å². The SMILES string of the molecule is Cn1nnnc1COc1ccc(C(=O)N2CCN(Cc3ccccc3)CC2)cc1. The number of tetrazole rings is 1. The molecule has 2 aromatic carbocycles. The maximum atomic E-state index is 12.8. The predicted molar refractivity (Wildman–Crippen MR) is 107 cm³/mol. The number of hydrogen-bond donors (Lipinski definition) is 0. The van der Waals surface area contributed by atoms with E-state index in [0.29, 0.717) is 17.1 Å². The van der Waals surface area contributed by atoms with Crippen LogP contribution in [0.3, 0.4) is 0 Å². The first-order valence-corrected chi connectivity index (χ1v) is 9.69. The molecule has 0 unspecified atom stereocenters. The van der Waals surface area contributed by atoms with Gasteiger partial charge in [-0.05, 0) is 40.3 Å². The van der Waals surface area contributed by atoms with Crippen molar-refractivity contribution in [2.45, 2.75) is 13.2 Å². The van der Waals surface area contributed by atoms with Crippen LogP contribution >= 0.6 is 0 Å². The van der Waals surface area contributed by atoms with Crippen LogP contribution in [0.2, 0.25) is 0 Å². The monoisotopic (exact) mass is 392 g/mol. The topological polar surface area (TPSA) is 76.4 Å². The zero-order valence-corrected chi connectivity index (χ0v) is 16.4. The van der Waals surface area contributed by atoms with Gasteiger partial charge in [0.1, 0.15) is 12.4 Å². The van der Waals surface area contributed by atoms with Crippen molar-refractivity contribution >= 4 is 5.91 Å². The van der Waals surface area contributed by atoms with Gasteiger partial charge in [0.25, 0.3) is 5.91 Å². The van der Waals surface area contributed by atoms with Crippen LogP contribution in [0.15, 0.2) is 54.6 Å². The molecular weight excluding hydrogens is 368 g/mol. The summed E-state index contributed by atoms with van der Waals surface area (Å²) in [6.07, 6.45) is 0. The van der Waals surface area contributed by atoms with Gasteiger partial charge >= 0.3 is 0 Å². The molecule has 0 aliphatic carbocycles. The van der Waals surface area contributed by atoms with Crippen molar-refractivity contribution in [1.82, 2.24) is 30.0 Å². The highest BCUT2D eigenvalue weighted by Gasteiger charge is 2.22. The third-order valence-electron chi connectivity index (χ3n) is 5.09. The van der Waals surface area contributed by atoms with E-state index in [9.17, 15) is 4.79 Å². The molecule has 150 valence electrons. The Kier molecular flexibility index (Phi) is 5.81. The number of rotatable bonds is 6. The Bertz CT molecular complexity index is 933. The van der Waals surface area contributed by atoms with Crippen LogP contribution in [0.5, 0.6) is 5.75 Å². The third-order valence-corrected chi connectivity index (χ3v) is 5.09. The fraction of sp³-hybridized carbons (Fsp3) is 0.333. The Morgan fingerprint density at radius 2 is 1.72 bits per heavy atom. The zero-order chi connectivity index (χ0) is 20.1. The van der Waals surface area contributed by atoms with Gasteiger partial charge in [-0.1, -0.05) is 30.3 Å². The van der Waals surface area contributed by atoms with E-state index in [-0.39, 0.29) is 12.5 Å². The second kappa shape index (κ2) is 8.83. The molecule has 1 amide bonds. The summed E-state index contributed by atoms with van der Waals surface area (Å²) in [5.41, 5.74) is 1.98. The van der Waals surface area contributed by atoms with E-state index in [1.807, 2.05) is 35.2 Å². The Morgan fingerprint density at radius 1 is 1.00 bits per heavy atom. The largest absolute Gasteiger partial charge is 0.486 e. The third kappa shape index (κ3) is 4.78. The number of carbonyl (C=O) groups is 1. The van der Waals surface area contributed by atoms with Crippen molar-refractivity contribution in [3.8, 4) is 5.75 Å². The van der Waals surface area contributed by atoms with E-state index in [0.717, 1.165) is 32.7 Å². The van der Waals surface area contributed by atoms with E-state index in [1.165, 1.54) is 5.56 Å². The summed E-state index contributed by atoms with van der Waals surface area (Å²) in [7, 11) is 1.76. The number of hydrogen-bond acceptors (Lipinski definition) is 6. The zero-order valence-electron chi connectivity index (χ0n) is 16.4. The molecule has 1 fully saturated rings. The lowest BCUT2D eigenvalue weighted by molar-refractivity contribution is 0.0628. The molecule has 0 atom stereocenters. The molecule has 8 heteroatoms. The number of aromatic nitrogens is 4. The highest BCUT2D eigenvalue weighted by atomic mass is 16.5. The Hall–Kier alpha value is -3.26. The highest BCUT2D eigenvalue weighted by molar-refractivity contribution is 5.94. The van der Waals surface area contributed by atoms with Gasteiger partial charge in [-0.25, -0.2) is 4.68 Å². The molecule has 1 aliphatic heterocycles. The normalized spacial score (nSPS) is 14.7. The maximum absolute atomic E-state index is 12.8. The van der Waals surface area contributed by atoms with E-state index >= 15 is 0 Å². The van der Waals surface area contributed by atoms with Crippen molar-refractivity contribution in [2.24, 2.45) is 7.05 Å². The van der Waals surface area contributed by atoms with Crippen molar-refractivity contribution < 1.29 is 9.53 Å². The van der Waals surface area contributed by atoms with Gasteiger partial charge in [-0.3, -0.25) is 9.69 Å². The Labute approximate surface area is 169 Å². The van der Waals surface area contributed by atoms with Gasteiger partial charge in [0, 0.05) is 45.3 Å². The minimum atomic E-state index is 0.0633. The lowest BCUT2D eigenvalue weighted by atomic mass is 10.1. The molecule has 1 aromatic heterocycles. The average molecular weight is 392 g/mol. The van der Waals surface area contributed by atoms with Crippen LogP contribution in [0.1, 0.15) is 21.7 Å². The maximum Gasteiger partial charge on any atom is 0.253 e. The second-order valence-corrected chi connectivity index (χ2v) is 7.09. The number of benzene rings is 2. The first kappa shape index (κ1) is 19.1. The summed E-state index contributed by atoms with van der Waals surface area (Å²) in [4.78, 5) is 17.1. The van der Waals surface area contributed by atoms with Gasteiger partial charge in [0.05, 0.1) is 0 Å². The molecule has 3 aromatic rings. The summed E-state index contributed by atoms with van der Waals surface area (Å²) in [5, 5.41) is 11.2. The fourth-order valence-electron chi connectivity index (χ4n) is 3.35. The molecule has 0 saturated carbocycles. The van der Waals surface area contributed by atoms with E-state index < -0.39 is 0 Å². The first-order valence-electron chi connectivity index (χ1n) is 9.69. The predicted octanol–water partition coefficient (Wildman–Crippen LogP) is 1.75. The number of aryl methyl sites for hydroxylation is 1. The number of ether oxygens (including phenoxy) is 1. The molecule has 0 bridgehead atoms. The quantitative estimate of drug-likeness (QED) is 0.636. The van der Waals surface area contributed by atoms with Gasteiger partial charge in [0.2, 0.25) is 0 Å². The average Bonchev–Trinajstić information content (AvgIpc) is 3.18. The Balaban J connectivity index is 1.28. The molecule has 1 aliphatic rings. The summed E-state index contributed by atoms with van der Waals surface area (Å²) < 4.78 is 7.25. The smallest absolute Gasteiger partial charge is 0.253 e. The summed E-state index contributed by atoms with van der Waals surface area (Å²) in [5.74, 6) is 1.38. The number of amides is 1. The number of piperazine rings is 1. The van der Waals surface area contributed by atoms with Crippen LogP contribution < -0.4 is 4.74 Å². The minimum Gasteiger partial charge on any atom is -0.486 e. The van der Waals surface area contributed by atoms with Crippen molar-refractivity contribution in [3.63, 3.8) is 0 Å². The number of carbonyl (C=O) groups excluding carboxylic acids is 1. The summed E-state index contributed by atoms with van der Waals surface area (Å²) in [6, 6.07) is 17.7. The van der Waals surface area contributed by atoms with Crippen molar-refractivity contribution in [1.29, 1.82) is 0 Å². The van der Waals surface area contributed by atoms with Gasteiger partial charge < -0.3 is 9.64 Å². The van der Waals surface area contributed by atoms with Crippen molar-refractivity contribution in [2.75, 3.05) is 26.2 Å². The van der Waals surface area contributed by atoms with Crippen LogP contribution in [-0.2, 0) is 20.2 Å². The van der Waals surface area contributed by atoms with Gasteiger partial charge in [-0.15, -0.1) is 5.10 Å². The molecule has 0 spiro atoms. The molecule has 0 radical (unpaired) electrons. The molecule has 0 N–H and O–H groups in total. The van der Waals surface area contributed by atoms with Crippen LogP contribution in [-0.4, -0.2) is 62.1 Å². The standard InChI is InChI=1S/C21H24N6O2/c1-25-20(22-23-24-25)16-29-19-9-7-18(8-10-19)21(28)27-13-11-26(12-14-27)15-17-5-3-2-4-6-17/h2-10H,11-16H2,1H3. The molecule has 2 heterocycles. The van der Waals surface area contributed by atoms with E-state index in [2.05, 4.69) is 44.7 Å². The lowest BCUT2D eigenvalue weighted by Crippen LogP contribution is -2.48. The van der Waals surface area contributed by atoms with Crippen molar-refractivity contribution in [3.05, 3.63) is 71.5 Å². The van der Waals surface area contributed by atoms with Gasteiger partial charge in [-0.2, -0.15) is 0 Å².